The summed E-state index contributed by atoms with van der Waals surface area (Å²) in [6.07, 6.45) is 23.5. The normalized spacial score (nSPS) is 13.5. The first-order chi connectivity index (χ1) is 16.3. The quantitative estimate of drug-likeness (QED) is 0.0948. The van der Waals surface area contributed by atoms with Gasteiger partial charge in [-0.15, -0.1) is 0 Å². The van der Waals surface area contributed by atoms with Crippen LogP contribution in [-0.2, 0) is 13.3 Å². The molecule has 34 heavy (non-hydrogen) atoms. The summed E-state index contributed by atoms with van der Waals surface area (Å²) in [4.78, 5) is 0. The van der Waals surface area contributed by atoms with Crippen LogP contribution in [0.15, 0.2) is 0 Å². The van der Waals surface area contributed by atoms with E-state index in [-0.39, 0.29) is 5.54 Å². The largest absolute Gasteiger partial charge is 0.501 e. The average Bonchev–Trinajstić information content (AvgIpc) is 2.78. The van der Waals surface area contributed by atoms with Crippen molar-refractivity contribution >= 4 is 8.80 Å². The lowest BCUT2D eigenvalue weighted by Crippen LogP contribution is -2.52. The zero-order chi connectivity index (χ0) is 25.5. The Kier molecular flexibility index (Phi) is 22.3. The molecule has 1 unspecified atom stereocenters. The first kappa shape index (κ1) is 34.1. The Morgan fingerprint density at radius 2 is 0.882 bits per heavy atom. The van der Waals surface area contributed by atoms with Crippen LogP contribution < -0.4 is 5.73 Å². The molecule has 0 rings (SSSR count). The van der Waals surface area contributed by atoms with Crippen molar-refractivity contribution in [2.24, 2.45) is 11.7 Å². The third-order valence-corrected chi connectivity index (χ3v) is 10.2. The van der Waals surface area contributed by atoms with E-state index in [1.807, 2.05) is 20.8 Å². The van der Waals surface area contributed by atoms with Gasteiger partial charge in [-0.3, -0.25) is 0 Å². The van der Waals surface area contributed by atoms with E-state index in [9.17, 15) is 0 Å². The summed E-state index contributed by atoms with van der Waals surface area (Å²) in [5, 5.41) is 0. The van der Waals surface area contributed by atoms with Crippen molar-refractivity contribution < 1.29 is 13.3 Å². The zero-order valence-corrected chi connectivity index (χ0v) is 25.2. The number of hydrogen-bond donors (Lipinski definition) is 1. The summed E-state index contributed by atoms with van der Waals surface area (Å²) >= 11 is 0. The topological polar surface area (TPSA) is 53.7 Å². The summed E-state index contributed by atoms with van der Waals surface area (Å²) in [6.45, 7) is 14.5. The van der Waals surface area contributed by atoms with Gasteiger partial charge in [0.15, 0.2) is 0 Å². The molecule has 0 aromatic carbocycles. The molecule has 0 heterocycles. The van der Waals surface area contributed by atoms with Gasteiger partial charge < -0.3 is 19.0 Å². The van der Waals surface area contributed by atoms with Gasteiger partial charge in [-0.1, -0.05) is 110 Å². The molecule has 0 radical (unpaired) electrons. The van der Waals surface area contributed by atoms with Crippen LogP contribution in [0.5, 0.6) is 0 Å². The maximum Gasteiger partial charge on any atom is 0.501 e. The maximum absolute atomic E-state index is 6.60. The summed E-state index contributed by atoms with van der Waals surface area (Å²) in [5.41, 5.74) is 6.35. The first-order valence-corrected chi connectivity index (χ1v) is 17.0. The molecule has 0 spiro atoms. The van der Waals surface area contributed by atoms with Crippen molar-refractivity contribution in [3.05, 3.63) is 0 Å². The third kappa shape index (κ3) is 18.3. The Balaban J connectivity index is 3.99. The van der Waals surface area contributed by atoms with E-state index >= 15 is 0 Å². The fourth-order valence-corrected chi connectivity index (χ4v) is 8.20. The highest BCUT2D eigenvalue weighted by atomic mass is 28.4. The van der Waals surface area contributed by atoms with Gasteiger partial charge in [-0.25, -0.2) is 0 Å². The van der Waals surface area contributed by atoms with E-state index in [1.165, 1.54) is 103 Å². The fourth-order valence-electron chi connectivity index (χ4n) is 4.94. The Morgan fingerprint density at radius 1 is 0.559 bits per heavy atom. The number of rotatable bonds is 26. The number of hydrogen-bond acceptors (Lipinski definition) is 4. The van der Waals surface area contributed by atoms with Crippen molar-refractivity contribution in [2.75, 3.05) is 19.8 Å². The zero-order valence-electron chi connectivity index (χ0n) is 24.2. The van der Waals surface area contributed by atoms with Crippen molar-refractivity contribution in [1.29, 1.82) is 0 Å². The molecule has 0 amide bonds. The second-order valence-electron chi connectivity index (χ2n) is 10.8. The number of unbranched alkanes of at least 4 members (excludes halogenated alkanes) is 15. The van der Waals surface area contributed by atoms with Gasteiger partial charge in [0.25, 0.3) is 0 Å². The second-order valence-corrected chi connectivity index (χ2v) is 13.4. The van der Waals surface area contributed by atoms with E-state index in [4.69, 9.17) is 19.0 Å². The highest BCUT2D eigenvalue weighted by Crippen LogP contribution is 2.32. The second kappa shape index (κ2) is 22.3. The minimum absolute atomic E-state index is 0.251. The fraction of sp³-hybridized carbons (Fsp3) is 1.00. The van der Waals surface area contributed by atoms with Crippen LogP contribution in [0.4, 0.5) is 0 Å². The van der Waals surface area contributed by atoms with Crippen molar-refractivity contribution in [1.82, 2.24) is 0 Å². The van der Waals surface area contributed by atoms with Gasteiger partial charge in [0.1, 0.15) is 0 Å². The minimum Gasteiger partial charge on any atom is -0.374 e. The molecule has 0 saturated carbocycles. The van der Waals surface area contributed by atoms with Crippen molar-refractivity contribution in [3.63, 3.8) is 0 Å². The third-order valence-electron chi connectivity index (χ3n) is 7.05. The van der Waals surface area contributed by atoms with Crippen molar-refractivity contribution in [2.45, 2.75) is 162 Å². The molecule has 0 aromatic heterocycles. The molecule has 0 aliphatic carbocycles. The predicted molar refractivity (Wildman–Crippen MR) is 151 cm³/mol. The first-order valence-electron chi connectivity index (χ1n) is 15.1. The molecular weight excluding hydrogens is 438 g/mol. The van der Waals surface area contributed by atoms with E-state index in [0.717, 1.165) is 12.5 Å². The van der Waals surface area contributed by atoms with E-state index in [1.54, 1.807) is 0 Å². The summed E-state index contributed by atoms with van der Waals surface area (Å²) in [6, 6.07) is 0.824. The summed E-state index contributed by atoms with van der Waals surface area (Å²) < 4.78 is 18.3. The van der Waals surface area contributed by atoms with E-state index < -0.39 is 8.80 Å². The summed E-state index contributed by atoms with van der Waals surface area (Å²) in [7, 11) is -2.66. The van der Waals surface area contributed by atoms with Gasteiger partial charge in [0.05, 0.1) is 0 Å². The lowest BCUT2D eigenvalue weighted by molar-refractivity contribution is 0.0626. The molecule has 206 valence electrons. The molecular formula is C29H63NO3Si. The molecule has 0 saturated heterocycles. The van der Waals surface area contributed by atoms with Gasteiger partial charge in [-0.05, 0) is 47.0 Å². The molecule has 2 N–H and O–H groups in total. The molecule has 5 heteroatoms. The molecule has 0 fully saturated rings. The van der Waals surface area contributed by atoms with Crippen LogP contribution in [0.1, 0.15) is 151 Å². The molecule has 0 aliphatic heterocycles. The molecule has 1 atom stereocenters. The highest BCUT2D eigenvalue weighted by molar-refractivity contribution is 6.60. The van der Waals surface area contributed by atoms with E-state index in [0.29, 0.717) is 25.7 Å². The summed E-state index contributed by atoms with van der Waals surface area (Å²) in [5.74, 6) is 0.357. The number of nitrogens with two attached hydrogens (primary N) is 1. The Hall–Kier alpha value is 0.0569. The standard InChI is InChI=1S/C29H63NO3Si/c1-7-11-12-13-14-15-16-17-18-19-20-21-22-23-24-25-26-28(29(5,6)30)27-34(31-8-2,32-9-3)33-10-4/h28H,7-27,30H2,1-6H3. The Morgan fingerprint density at radius 3 is 1.18 bits per heavy atom. The average molecular weight is 502 g/mol. The van der Waals surface area contributed by atoms with Crippen LogP contribution in [-0.4, -0.2) is 34.2 Å². The predicted octanol–water partition coefficient (Wildman–Crippen LogP) is 9.04. The Labute approximate surface area is 215 Å². The molecule has 4 nitrogen and oxygen atoms in total. The lowest BCUT2D eigenvalue weighted by Gasteiger charge is -2.37. The smallest absolute Gasteiger partial charge is 0.374 e. The van der Waals surface area contributed by atoms with Crippen LogP contribution in [0.25, 0.3) is 0 Å². The van der Waals surface area contributed by atoms with Gasteiger partial charge in [0.2, 0.25) is 0 Å². The van der Waals surface area contributed by atoms with Gasteiger partial charge >= 0.3 is 8.80 Å². The van der Waals surface area contributed by atoms with Crippen molar-refractivity contribution in [3.8, 4) is 0 Å². The SMILES string of the molecule is CCCCCCCCCCCCCCCCCCC(C[Si](OCC)(OCC)OCC)C(C)(C)N. The molecule has 0 aliphatic rings. The lowest BCUT2D eigenvalue weighted by atomic mass is 9.85. The minimum atomic E-state index is -2.66. The highest BCUT2D eigenvalue weighted by Gasteiger charge is 2.45. The van der Waals surface area contributed by atoms with Crippen LogP contribution in [0.2, 0.25) is 6.04 Å². The van der Waals surface area contributed by atoms with Gasteiger partial charge in [-0.2, -0.15) is 0 Å². The Bertz CT molecular complexity index is 411. The van der Waals surface area contributed by atoms with Gasteiger partial charge in [0, 0.05) is 31.4 Å². The maximum atomic E-state index is 6.60. The molecule has 0 aromatic rings. The van der Waals surface area contributed by atoms with E-state index in [2.05, 4.69) is 20.8 Å². The van der Waals surface area contributed by atoms with Crippen LogP contribution in [0.3, 0.4) is 0 Å². The van der Waals surface area contributed by atoms with Crippen LogP contribution >= 0.6 is 0 Å². The monoisotopic (exact) mass is 501 g/mol. The molecule has 0 bridgehead atoms. The van der Waals surface area contributed by atoms with Crippen LogP contribution in [0, 0.1) is 5.92 Å².